The van der Waals surface area contributed by atoms with Crippen LogP contribution in [0.1, 0.15) is 5.56 Å². The van der Waals surface area contributed by atoms with E-state index in [4.69, 9.17) is 14.8 Å². The molecule has 1 aliphatic rings. The van der Waals surface area contributed by atoms with Crippen LogP contribution in [0.2, 0.25) is 0 Å². The highest BCUT2D eigenvalue weighted by Gasteiger charge is 2.19. The van der Waals surface area contributed by atoms with Crippen LogP contribution in [-0.2, 0) is 6.54 Å². The van der Waals surface area contributed by atoms with Crippen molar-refractivity contribution in [1.82, 2.24) is 15.0 Å². The number of amides is 1. The van der Waals surface area contributed by atoms with Gasteiger partial charge in [0.25, 0.3) is 0 Å². The van der Waals surface area contributed by atoms with Crippen LogP contribution in [0.25, 0.3) is 32.9 Å². The predicted octanol–water partition coefficient (Wildman–Crippen LogP) is 5.27. The predicted molar refractivity (Wildman–Crippen MR) is 131 cm³/mol. The number of nitrogens with one attached hydrogen (secondary N) is 2. The van der Waals surface area contributed by atoms with Gasteiger partial charge in [-0.05, 0) is 46.8 Å². The molecule has 0 radical (unpaired) electrons. The Balaban J connectivity index is 1.35. The second-order valence-electron chi connectivity index (χ2n) is 8.20. The molecule has 0 fully saturated rings. The van der Waals surface area contributed by atoms with E-state index in [0.717, 1.165) is 51.1 Å². The van der Waals surface area contributed by atoms with Gasteiger partial charge in [0.05, 0.1) is 17.6 Å². The maximum Gasteiger partial charge on any atom is 0.411 e. The Hall–Kier alpha value is -4.59. The molecular weight excluding hydrogens is 430 g/mol. The molecule has 34 heavy (non-hydrogen) atoms. The van der Waals surface area contributed by atoms with Crippen LogP contribution in [-0.4, -0.2) is 39.3 Å². The summed E-state index contributed by atoms with van der Waals surface area (Å²) in [5, 5.41) is 13.5. The molecule has 0 bridgehead atoms. The number of hydrogen-bond acceptors (Lipinski definition) is 5. The van der Waals surface area contributed by atoms with Crippen molar-refractivity contribution in [2.45, 2.75) is 6.54 Å². The molecule has 6 rings (SSSR count). The van der Waals surface area contributed by atoms with Crippen LogP contribution in [0.3, 0.4) is 0 Å². The smallest absolute Gasteiger partial charge is 0.411 e. The molecule has 1 aliphatic heterocycles. The first kappa shape index (κ1) is 20.0. The quantitative estimate of drug-likeness (QED) is 0.345. The number of imidazole rings is 1. The van der Waals surface area contributed by atoms with Gasteiger partial charge in [-0.25, -0.2) is 14.8 Å². The lowest BCUT2D eigenvalue weighted by molar-refractivity contribution is 0.209. The number of ether oxygens (including phenoxy) is 1. The minimum atomic E-state index is -1.16. The summed E-state index contributed by atoms with van der Waals surface area (Å²) < 4.78 is 6.06. The second kappa shape index (κ2) is 8.08. The number of rotatable bonds is 3. The van der Waals surface area contributed by atoms with Gasteiger partial charge >= 0.3 is 6.09 Å². The summed E-state index contributed by atoms with van der Waals surface area (Å²) in [5.74, 6) is 2.03. The van der Waals surface area contributed by atoms with E-state index in [1.807, 2.05) is 54.7 Å². The summed E-state index contributed by atoms with van der Waals surface area (Å²) in [4.78, 5) is 25.1. The van der Waals surface area contributed by atoms with Crippen molar-refractivity contribution in [3.8, 4) is 16.9 Å². The minimum absolute atomic E-state index is 0.202. The lowest BCUT2D eigenvalue weighted by atomic mass is 10.0. The Labute approximate surface area is 194 Å². The number of hydrogen-bond donors (Lipinski definition) is 3. The first-order valence-corrected chi connectivity index (χ1v) is 11.0. The molecule has 0 atom stereocenters. The van der Waals surface area contributed by atoms with Gasteiger partial charge < -0.3 is 19.7 Å². The molecule has 3 aromatic carbocycles. The third-order valence-electron chi connectivity index (χ3n) is 6.03. The summed E-state index contributed by atoms with van der Waals surface area (Å²) in [6.07, 6.45) is 0.698. The van der Waals surface area contributed by atoms with Crippen LogP contribution in [0.5, 0.6) is 5.75 Å². The Bertz CT molecular complexity index is 1540. The van der Waals surface area contributed by atoms with Crippen molar-refractivity contribution < 1.29 is 14.6 Å². The Morgan fingerprint density at radius 2 is 1.91 bits per heavy atom. The summed E-state index contributed by atoms with van der Waals surface area (Å²) in [6.45, 7) is 2.00. The van der Waals surface area contributed by atoms with Gasteiger partial charge in [0, 0.05) is 23.7 Å². The van der Waals surface area contributed by atoms with Crippen LogP contribution in [0, 0.1) is 0 Å². The third-order valence-corrected chi connectivity index (χ3v) is 6.03. The first-order valence-electron chi connectivity index (χ1n) is 11.0. The van der Waals surface area contributed by atoms with E-state index in [1.165, 1.54) is 0 Å². The fraction of sp³-hybridized carbons (Fsp3) is 0.115. The number of aromatic nitrogens is 3. The highest BCUT2D eigenvalue weighted by Crippen LogP contribution is 2.33. The van der Waals surface area contributed by atoms with Gasteiger partial charge in [-0.1, -0.05) is 36.4 Å². The van der Waals surface area contributed by atoms with Crippen LogP contribution >= 0.6 is 0 Å². The number of carboxylic acid groups (broad SMARTS) is 1. The molecule has 1 amide bonds. The number of H-pyrrole nitrogens is 1. The monoisotopic (exact) mass is 451 g/mol. The molecule has 168 valence electrons. The number of carbonyl (C=O) groups is 1. The van der Waals surface area contributed by atoms with Gasteiger partial charge in [-0.2, -0.15) is 0 Å². The number of fused-ring (bicyclic) bond motifs is 3. The fourth-order valence-electron chi connectivity index (χ4n) is 4.46. The van der Waals surface area contributed by atoms with Crippen molar-refractivity contribution in [3.05, 3.63) is 78.5 Å². The normalized spacial score (nSPS) is 13.4. The van der Waals surface area contributed by atoms with Crippen molar-refractivity contribution in [2.24, 2.45) is 0 Å². The van der Waals surface area contributed by atoms with E-state index in [9.17, 15) is 4.79 Å². The molecule has 3 N–H and O–H groups in total. The van der Waals surface area contributed by atoms with Crippen molar-refractivity contribution >= 4 is 39.7 Å². The molecule has 0 aliphatic carbocycles. The zero-order valence-electron chi connectivity index (χ0n) is 18.2. The Morgan fingerprint density at radius 1 is 1.06 bits per heavy atom. The molecule has 5 aromatic rings. The molecule has 8 nitrogen and oxygen atoms in total. The highest BCUT2D eigenvalue weighted by molar-refractivity contribution is 5.92. The maximum absolute atomic E-state index is 10.9. The number of aromatic amines is 1. The number of benzene rings is 3. The fourth-order valence-corrected chi connectivity index (χ4v) is 4.46. The summed E-state index contributed by atoms with van der Waals surface area (Å²) in [5.41, 5.74) is 4.58. The number of pyridine rings is 1. The zero-order chi connectivity index (χ0) is 23.1. The van der Waals surface area contributed by atoms with Crippen LogP contribution in [0.4, 0.5) is 16.6 Å². The molecule has 8 heteroatoms. The first-order chi connectivity index (χ1) is 16.6. The molecule has 0 saturated carbocycles. The summed E-state index contributed by atoms with van der Waals surface area (Å²) in [6, 6.07) is 22.3. The van der Waals surface area contributed by atoms with E-state index in [-0.39, 0.29) is 5.95 Å². The Kier molecular flexibility index (Phi) is 4.76. The second-order valence-corrected chi connectivity index (χ2v) is 8.20. The zero-order valence-corrected chi connectivity index (χ0v) is 18.2. The van der Waals surface area contributed by atoms with Gasteiger partial charge in [0.2, 0.25) is 5.95 Å². The van der Waals surface area contributed by atoms with Crippen LogP contribution < -0.4 is 15.0 Å². The van der Waals surface area contributed by atoms with E-state index in [1.54, 1.807) is 0 Å². The average molecular weight is 451 g/mol. The standard InChI is InChI=1S/C26H21N5O3/c32-26(33)30-25-28-21-7-5-18(14-22(21)29-25)17-6-8-23-19(13-17)15-31(11-12-34-23)24-20-4-2-1-3-16(20)9-10-27-24/h1-10,13-14H,11-12,15H2,(H,32,33)(H2,28,29,30). The van der Waals surface area contributed by atoms with Gasteiger partial charge in [-0.15, -0.1) is 0 Å². The molecule has 3 heterocycles. The number of anilines is 2. The number of nitrogens with zero attached hydrogens (tertiary/aromatic N) is 3. The maximum atomic E-state index is 10.9. The molecule has 0 spiro atoms. The van der Waals surface area contributed by atoms with E-state index >= 15 is 0 Å². The van der Waals surface area contributed by atoms with E-state index in [2.05, 4.69) is 38.4 Å². The van der Waals surface area contributed by atoms with Crippen molar-refractivity contribution in [3.63, 3.8) is 0 Å². The topological polar surface area (TPSA) is 103 Å². The molecular formula is C26H21N5O3. The lowest BCUT2D eigenvalue weighted by Gasteiger charge is -2.22. The van der Waals surface area contributed by atoms with Gasteiger partial charge in [-0.3, -0.25) is 5.32 Å². The van der Waals surface area contributed by atoms with Crippen molar-refractivity contribution in [2.75, 3.05) is 23.4 Å². The largest absolute Gasteiger partial charge is 0.491 e. The molecule has 0 unspecified atom stereocenters. The average Bonchev–Trinajstić information content (AvgIpc) is 3.11. The lowest BCUT2D eigenvalue weighted by Crippen LogP contribution is -2.26. The van der Waals surface area contributed by atoms with Gasteiger partial charge in [0.1, 0.15) is 18.2 Å². The van der Waals surface area contributed by atoms with E-state index < -0.39 is 6.09 Å². The van der Waals surface area contributed by atoms with Crippen molar-refractivity contribution in [1.29, 1.82) is 0 Å². The van der Waals surface area contributed by atoms with Crippen LogP contribution in [0.15, 0.2) is 72.9 Å². The molecule has 0 saturated heterocycles. The third kappa shape index (κ3) is 3.65. The summed E-state index contributed by atoms with van der Waals surface area (Å²) >= 11 is 0. The minimum Gasteiger partial charge on any atom is -0.491 e. The highest BCUT2D eigenvalue weighted by atomic mass is 16.5. The SMILES string of the molecule is O=C(O)Nc1nc2ccc(-c3ccc4c(c3)CN(c3nccc5ccccc35)CCO4)cc2[nH]1. The van der Waals surface area contributed by atoms with Gasteiger partial charge in [0.15, 0.2) is 0 Å². The summed E-state index contributed by atoms with van der Waals surface area (Å²) in [7, 11) is 0. The van der Waals surface area contributed by atoms with E-state index in [0.29, 0.717) is 18.7 Å². The molecule has 2 aromatic heterocycles. The Morgan fingerprint density at radius 3 is 2.82 bits per heavy atom.